The largest absolute Gasteiger partial charge is 0.457 e. The highest BCUT2D eigenvalue weighted by Crippen LogP contribution is 2.51. The molecule has 6 nitrogen and oxygen atoms in total. The van der Waals surface area contributed by atoms with Crippen molar-refractivity contribution >= 4 is 23.6 Å². The van der Waals surface area contributed by atoms with E-state index in [9.17, 15) is 22.8 Å². The lowest BCUT2D eigenvalue weighted by atomic mass is 9.70. The summed E-state index contributed by atoms with van der Waals surface area (Å²) < 4.78 is 45.7. The zero-order chi connectivity index (χ0) is 33.6. The predicted molar refractivity (Wildman–Crippen MR) is 178 cm³/mol. The maximum atomic E-state index is 13.8. The van der Waals surface area contributed by atoms with E-state index in [1.165, 1.54) is 11.8 Å². The lowest BCUT2D eigenvalue weighted by Gasteiger charge is -2.39. The number of ether oxygens (including phenoxy) is 1. The van der Waals surface area contributed by atoms with Crippen LogP contribution in [0.5, 0.6) is 11.5 Å². The average molecular weight is 672 g/mol. The molecule has 0 aliphatic carbocycles. The minimum atomic E-state index is -4.52. The molecule has 0 radical (unpaired) electrons. The third kappa shape index (κ3) is 7.64. The van der Waals surface area contributed by atoms with Gasteiger partial charge in [0.05, 0.1) is 10.5 Å². The minimum Gasteiger partial charge on any atom is -0.457 e. The summed E-state index contributed by atoms with van der Waals surface area (Å²) in [6.45, 7) is 0.999. The smallest absolute Gasteiger partial charge is 0.405 e. The molecule has 6 rings (SSSR count). The van der Waals surface area contributed by atoms with Crippen molar-refractivity contribution < 1.29 is 27.5 Å². The highest BCUT2D eigenvalue weighted by Gasteiger charge is 2.47. The Morgan fingerprint density at radius 2 is 1.65 bits per heavy atom. The molecular weight excluding hydrogens is 635 g/mol. The number of unbranched alkanes of at least 4 members (excludes halogenated alkanes) is 1. The number of likely N-dealkylation sites (tertiary alicyclic amines) is 1. The van der Waals surface area contributed by atoms with Gasteiger partial charge in [-0.1, -0.05) is 78.8 Å². The lowest BCUT2D eigenvalue weighted by Crippen LogP contribution is -2.49. The van der Waals surface area contributed by atoms with Crippen molar-refractivity contribution in [2.24, 2.45) is 0 Å². The summed E-state index contributed by atoms with van der Waals surface area (Å²) in [6, 6.07) is 33.5. The van der Waals surface area contributed by atoms with Gasteiger partial charge >= 0.3 is 6.18 Å². The number of carbonyl (C=O) groups is 2. The summed E-state index contributed by atoms with van der Waals surface area (Å²) in [6.07, 6.45) is -1.18. The summed E-state index contributed by atoms with van der Waals surface area (Å²) in [4.78, 5) is 30.9. The molecule has 4 aromatic rings. The number of rotatable bonds is 11. The van der Waals surface area contributed by atoms with Crippen molar-refractivity contribution in [1.82, 2.24) is 15.5 Å². The molecule has 1 saturated heterocycles. The Balaban J connectivity index is 1.06. The molecule has 1 fully saturated rings. The fourth-order valence-electron chi connectivity index (χ4n) is 6.56. The number of carbonyl (C=O) groups excluding carboxylic acids is 2. The molecule has 10 heteroatoms. The summed E-state index contributed by atoms with van der Waals surface area (Å²) in [5, 5.41) is 5.38. The van der Waals surface area contributed by atoms with Crippen molar-refractivity contribution in [3.8, 4) is 11.5 Å². The van der Waals surface area contributed by atoms with Gasteiger partial charge in [-0.2, -0.15) is 13.2 Å². The first-order valence-corrected chi connectivity index (χ1v) is 16.9. The van der Waals surface area contributed by atoms with Crippen molar-refractivity contribution in [2.45, 2.75) is 59.5 Å². The maximum absolute atomic E-state index is 13.8. The van der Waals surface area contributed by atoms with Gasteiger partial charge in [-0.05, 0) is 85.8 Å². The van der Waals surface area contributed by atoms with Gasteiger partial charge in [0, 0.05) is 24.0 Å². The molecule has 2 amide bonds. The molecule has 2 aliphatic heterocycles. The second kappa shape index (κ2) is 14.8. The molecule has 2 heterocycles. The van der Waals surface area contributed by atoms with Crippen molar-refractivity contribution in [3.05, 3.63) is 120 Å². The zero-order valence-corrected chi connectivity index (χ0v) is 27.1. The normalized spacial score (nSPS) is 15.8. The van der Waals surface area contributed by atoms with E-state index >= 15 is 0 Å². The second-order valence-electron chi connectivity index (χ2n) is 12.1. The van der Waals surface area contributed by atoms with E-state index in [2.05, 4.69) is 27.7 Å². The lowest BCUT2D eigenvalue weighted by molar-refractivity contribution is -0.141. The van der Waals surface area contributed by atoms with Gasteiger partial charge in [-0.3, -0.25) is 9.59 Å². The van der Waals surface area contributed by atoms with Crippen molar-refractivity contribution in [3.63, 3.8) is 0 Å². The SMILES string of the molecule is O=C(NC1CCN(CCCCC2(C(=O)NCC(F)(F)F)c3ccc#cc3Sc3ccccc32)CC1)c1ccccc1Oc1ccccc1. The van der Waals surface area contributed by atoms with E-state index in [0.29, 0.717) is 45.9 Å². The van der Waals surface area contributed by atoms with Crippen LogP contribution >= 0.6 is 11.8 Å². The van der Waals surface area contributed by atoms with Crippen molar-refractivity contribution in [2.75, 3.05) is 26.2 Å². The molecule has 2 aliphatic rings. The number of amides is 2. The Kier molecular flexibility index (Phi) is 10.3. The summed E-state index contributed by atoms with van der Waals surface area (Å²) in [5.41, 5.74) is 0.592. The number of piperidine rings is 1. The Bertz CT molecular complexity index is 1680. The van der Waals surface area contributed by atoms with E-state index in [1.807, 2.05) is 66.7 Å². The van der Waals surface area contributed by atoms with Gasteiger partial charge in [0.1, 0.15) is 23.5 Å². The highest BCUT2D eigenvalue weighted by atomic mass is 32.2. The number of hydrogen-bond acceptors (Lipinski definition) is 5. The Labute approximate surface area is 283 Å². The quantitative estimate of drug-likeness (QED) is 0.161. The number of alkyl halides is 3. The molecule has 4 aromatic carbocycles. The van der Waals surface area contributed by atoms with Crippen molar-refractivity contribution in [1.29, 1.82) is 0 Å². The Hall–Kier alpha value is -4.46. The monoisotopic (exact) mass is 671 g/mol. The summed E-state index contributed by atoms with van der Waals surface area (Å²) in [5.74, 6) is 0.337. The van der Waals surface area contributed by atoms with E-state index < -0.39 is 24.0 Å². The molecule has 0 aromatic heterocycles. The third-order valence-electron chi connectivity index (χ3n) is 8.92. The number of para-hydroxylation sites is 2. The molecule has 1 unspecified atom stereocenters. The fraction of sp³-hybridized carbons (Fsp3) is 0.316. The molecule has 48 heavy (non-hydrogen) atoms. The van der Waals surface area contributed by atoms with Crippen LogP contribution in [0.1, 0.15) is 53.6 Å². The molecule has 0 bridgehead atoms. The number of nitrogens with zero attached hydrogens (tertiary/aromatic N) is 1. The van der Waals surface area contributed by atoms with Crippen LogP contribution in [0, 0.1) is 12.1 Å². The van der Waals surface area contributed by atoms with Crippen LogP contribution in [0.15, 0.2) is 101 Å². The van der Waals surface area contributed by atoms with E-state index in [1.54, 1.807) is 24.3 Å². The Morgan fingerprint density at radius 3 is 2.44 bits per heavy atom. The number of fused-ring (bicyclic) bond motifs is 2. The number of halogens is 3. The van der Waals surface area contributed by atoms with Crippen LogP contribution in [-0.2, 0) is 10.2 Å². The predicted octanol–water partition coefficient (Wildman–Crippen LogP) is 7.57. The third-order valence-corrected chi connectivity index (χ3v) is 10.0. The highest BCUT2D eigenvalue weighted by molar-refractivity contribution is 7.99. The first kappa shape index (κ1) is 33.4. The minimum absolute atomic E-state index is 0.0277. The maximum Gasteiger partial charge on any atom is 0.405 e. The molecule has 248 valence electrons. The van der Waals surface area contributed by atoms with E-state index in [4.69, 9.17) is 4.74 Å². The van der Waals surface area contributed by atoms with Crippen LogP contribution in [0.2, 0.25) is 0 Å². The van der Waals surface area contributed by atoms with Crippen LogP contribution in [0.4, 0.5) is 13.2 Å². The van der Waals surface area contributed by atoms with Gasteiger partial charge in [-0.25, -0.2) is 0 Å². The van der Waals surface area contributed by atoms with Crippen LogP contribution < -0.4 is 15.4 Å². The fourth-order valence-corrected chi connectivity index (χ4v) is 7.74. The van der Waals surface area contributed by atoms with Crippen LogP contribution in [0.3, 0.4) is 0 Å². The molecule has 1 atom stereocenters. The van der Waals surface area contributed by atoms with Gasteiger partial charge < -0.3 is 20.3 Å². The van der Waals surface area contributed by atoms with E-state index in [0.717, 1.165) is 43.8 Å². The van der Waals surface area contributed by atoms with E-state index in [-0.39, 0.29) is 11.9 Å². The second-order valence-corrected chi connectivity index (χ2v) is 13.2. The standard InChI is InChI=1S/C38H36F3N3O3S/c39-38(40,41)26-42-36(46)37(30-15-5-8-18-33(30)48-34-19-9-6-16-31(34)37)22-10-11-23-44-24-20-27(21-25-44)43-35(45)29-14-4-7-17-32(29)47-28-12-2-1-3-13-28/h1-8,12-18,27H,10-11,20-26H2,(H,42,46)(H,43,45). The topological polar surface area (TPSA) is 70.7 Å². The summed E-state index contributed by atoms with van der Waals surface area (Å²) in [7, 11) is 0. The molecular formula is C38H36F3N3O3S. The molecule has 2 N–H and O–H groups in total. The average Bonchev–Trinajstić information content (AvgIpc) is 3.09. The van der Waals surface area contributed by atoms with Gasteiger partial charge in [-0.15, -0.1) is 0 Å². The van der Waals surface area contributed by atoms with Gasteiger partial charge in [0.2, 0.25) is 5.91 Å². The number of benzene rings is 3. The molecule has 0 saturated carbocycles. The van der Waals surface area contributed by atoms with Crippen LogP contribution in [0.25, 0.3) is 0 Å². The zero-order valence-electron chi connectivity index (χ0n) is 26.3. The molecule has 0 spiro atoms. The summed E-state index contributed by atoms with van der Waals surface area (Å²) >= 11 is 1.46. The van der Waals surface area contributed by atoms with Gasteiger partial charge in [0.15, 0.2) is 0 Å². The van der Waals surface area contributed by atoms with Gasteiger partial charge in [0.25, 0.3) is 5.91 Å². The first-order chi connectivity index (χ1) is 23.2. The number of nitrogens with one attached hydrogen (secondary N) is 2. The van der Waals surface area contributed by atoms with Crippen LogP contribution in [-0.4, -0.2) is 55.1 Å². The Morgan fingerprint density at radius 1 is 0.917 bits per heavy atom. The first-order valence-electron chi connectivity index (χ1n) is 16.1. The number of hydrogen-bond donors (Lipinski definition) is 2.